The molecular weight excluding hydrogens is 228 g/mol. The van der Waals surface area contributed by atoms with Crippen molar-refractivity contribution < 1.29 is 0 Å². The van der Waals surface area contributed by atoms with E-state index in [0.717, 1.165) is 25.7 Å². The van der Waals surface area contributed by atoms with Gasteiger partial charge in [-0.1, -0.05) is 33.1 Å². The van der Waals surface area contributed by atoms with E-state index in [9.17, 15) is 0 Å². The summed E-state index contributed by atoms with van der Waals surface area (Å²) in [7, 11) is 0. The minimum atomic E-state index is 0.0325. The molecule has 0 N–H and O–H groups in total. The van der Waals surface area contributed by atoms with Gasteiger partial charge in [0, 0.05) is 10.8 Å². The zero-order valence-corrected chi connectivity index (χ0v) is 13.4. The van der Waals surface area contributed by atoms with E-state index in [2.05, 4.69) is 46.5 Å². The first-order valence-electron chi connectivity index (χ1n) is 7.75. The highest BCUT2D eigenvalue weighted by Crippen LogP contribution is 2.48. The van der Waals surface area contributed by atoms with E-state index < -0.39 is 0 Å². The number of rotatable bonds is 2. The Morgan fingerprint density at radius 3 is 2.21 bits per heavy atom. The Kier molecular flexibility index (Phi) is 5.15. The molecule has 0 bridgehead atoms. The van der Waals surface area contributed by atoms with Gasteiger partial charge in [0.1, 0.15) is 0 Å². The lowest BCUT2D eigenvalue weighted by Crippen LogP contribution is -2.37. The van der Waals surface area contributed by atoms with Gasteiger partial charge in [-0.15, -0.1) is 18.8 Å². The Labute approximate surface area is 120 Å². The van der Waals surface area contributed by atoms with Gasteiger partial charge in [0.05, 0.1) is 0 Å². The summed E-state index contributed by atoms with van der Waals surface area (Å²) in [4.78, 5) is 0. The lowest BCUT2D eigenvalue weighted by atomic mass is 9.60. The summed E-state index contributed by atoms with van der Waals surface area (Å²) < 4.78 is 0. The van der Waals surface area contributed by atoms with Gasteiger partial charge in [-0.05, 0) is 57.3 Å². The van der Waals surface area contributed by atoms with Crippen LogP contribution in [0.1, 0.15) is 66.7 Å². The zero-order valence-electron chi connectivity index (χ0n) is 13.4. The quantitative estimate of drug-likeness (QED) is 0.602. The Morgan fingerprint density at radius 1 is 1.16 bits per heavy atom. The van der Waals surface area contributed by atoms with Crippen LogP contribution in [0.4, 0.5) is 0 Å². The van der Waals surface area contributed by atoms with Crippen LogP contribution in [-0.4, -0.2) is 0 Å². The van der Waals surface area contributed by atoms with Crippen molar-refractivity contribution in [3.8, 4) is 24.7 Å². The van der Waals surface area contributed by atoms with Crippen molar-refractivity contribution in [1.29, 1.82) is 0 Å². The third-order valence-electron chi connectivity index (χ3n) is 5.34. The number of hydrogen-bond donors (Lipinski definition) is 0. The average molecular weight is 258 g/mol. The molecule has 0 spiro atoms. The SMILES string of the molecule is C#CC1(C)CCC(C(C)C)C(C)(C#C)CC(CC)C1. The van der Waals surface area contributed by atoms with Gasteiger partial charge in [0.2, 0.25) is 0 Å². The van der Waals surface area contributed by atoms with Crippen molar-refractivity contribution in [3.05, 3.63) is 0 Å². The van der Waals surface area contributed by atoms with Gasteiger partial charge in [0.25, 0.3) is 0 Å². The lowest BCUT2D eigenvalue weighted by Gasteiger charge is -2.44. The largest absolute Gasteiger partial charge is 0.120 e. The van der Waals surface area contributed by atoms with Crippen LogP contribution in [0.25, 0.3) is 0 Å². The Morgan fingerprint density at radius 2 is 1.79 bits per heavy atom. The second-order valence-electron chi connectivity index (χ2n) is 7.34. The van der Waals surface area contributed by atoms with Gasteiger partial charge in [-0.3, -0.25) is 0 Å². The molecule has 0 radical (unpaired) electrons. The first kappa shape index (κ1) is 16.2. The van der Waals surface area contributed by atoms with E-state index in [0.29, 0.717) is 17.8 Å². The van der Waals surface area contributed by atoms with Gasteiger partial charge >= 0.3 is 0 Å². The molecule has 0 heterocycles. The van der Waals surface area contributed by atoms with Gasteiger partial charge < -0.3 is 0 Å². The predicted octanol–water partition coefficient (Wildman–Crippen LogP) is 5.14. The third-order valence-corrected chi connectivity index (χ3v) is 5.34. The highest BCUT2D eigenvalue weighted by Gasteiger charge is 2.41. The molecular formula is C19H30. The topological polar surface area (TPSA) is 0 Å². The molecule has 4 atom stereocenters. The highest BCUT2D eigenvalue weighted by molar-refractivity contribution is 5.12. The molecule has 0 amide bonds. The van der Waals surface area contributed by atoms with Crippen LogP contribution in [-0.2, 0) is 0 Å². The molecule has 0 aromatic heterocycles. The molecule has 0 aromatic rings. The fourth-order valence-electron chi connectivity index (χ4n) is 4.01. The molecule has 1 aliphatic rings. The van der Waals surface area contributed by atoms with E-state index >= 15 is 0 Å². The fourth-order valence-corrected chi connectivity index (χ4v) is 4.01. The molecule has 0 nitrogen and oxygen atoms in total. The van der Waals surface area contributed by atoms with Crippen molar-refractivity contribution in [1.82, 2.24) is 0 Å². The smallest absolute Gasteiger partial charge is 0.0317 e. The summed E-state index contributed by atoms with van der Waals surface area (Å²) >= 11 is 0. The van der Waals surface area contributed by atoms with E-state index in [-0.39, 0.29) is 10.8 Å². The van der Waals surface area contributed by atoms with Gasteiger partial charge in [-0.25, -0.2) is 0 Å². The van der Waals surface area contributed by atoms with E-state index in [4.69, 9.17) is 12.8 Å². The summed E-state index contributed by atoms with van der Waals surface area (Å²) in [5.74, 6) is 8.07. The molecule has 4 unspecified atom stereocenters. The van der Waals surface area contributed by atoms with Crippen LogP contribution in [0.3, 0.4) is 0 Å². The van der Waals surface area contributed by atoms with Crippen LogP contribution in [0.5, 0.6) is 0 Å². The summed E-state index contributed by atoms with van der Waals surface area (Å²) in [6.45, 7) is 11.4. The van der Waals surface area contributed by atoms with E-state index in [1.165, 1.54) is 6.42 Å². The molecule has 0 aliphatic heterocycles. The lowest BCUT2D eigenvalue weighted by molar-refractivity contribution is 0.0932. The molecule has 1 fully saturated rings. The molecule has 0 aromatic carbocycles. The van der Waals surface area contributed by atoms with E-state index in [1.807, 2.05) is 0 Å². The predicted molar refractivity (Wildman–Crippen MR) is 84.5 cm³/mol. The molecule has 1 saturated carbocycles. The second-order valence-corrected chi connectivity index (χ2v) is 7.34. The number of hydrogen-bond acceptors (Lipinski definition) is 0. The normalized spacial score (nSPS) is 40.0. The van der Waals surface area contributed by atoms with Crippen LogP contribution < -0.4 is 0 Å². The Balaban J connectivity index is 3.09. The Hall–Kier alpha value is -0.880. The minimum Gasteiger partial charge on any atom is -0.120 e. The maximum Gasteiger partial charge on any atom is 0.0317 e. The van der Waals surface area contributed by atoms with Crippen molar-refractivity contribution >= 4 is 0 Å². The molecule has 106 valence electrons. The molecule has 1 rings (SSSR count). The number of terminal acetylenes is 2. The van der Waals surface area contributed by atoms with Crippen molar-refractivity contribution in [3.63, 3.8) is 0 Å². The van der Waals surface area contributed by atoms with Crippen LogP contribution in [0.15, 0.2) is 0 Å². The summed E-state index contributed by atoms with van der Waals surface area (Å²) in [6.07, 6.45) is 17.4. The van der Waals surface area contributed by atoms with Crippen LogP contribution in [0.2, 0.25) is 0 Å². The maximum absolute atomic E-state index is 5.91. The summed E-state index contributed by atoms with van der Waals surface area (Å²) in [6, 6.07) is 0. The molecule has 0 saturated heterocycles. The van der Waals surface area contributed by atoms with Crippen molar-refractivity contribution in [2.75, 3.05) is 0 Å². The second kappa shape index (κ2) is 6.05. The van der Waals surface area contributed by atoms with Crippen molar-refractivity contribution in [2.24, 2.45) is 28.6 Å². The Bertz CT molecular complexity index is 378. The minimum absolute atomic E-state index is 0.0325. The summed E-state index contributed by atoms with van der Waals surface area (Å²) in [5.41, 5.74) is 0.0918. The highest BCUT2D eigenvalue weighted by atomic mass is 14.4. The fraction of sp³-hybridized carbons (Fsp3) is 0.789. The van der Waals surface area contributed by atoms with Crippen LogP contribution in [0, 0.1) is 53.3 Å². The summed E-state index contributed by atoms with van der Waals surface area (Å²) in [5, 5.41) is 0. The molecule has 19 heavy (non-hydrogen) atoms. The monoisotopic (exact) mass is 258 g/mol. The van der Waals surface area contributed by atoms with E-state index in [1.54, 1.807) is 0 Å². The molecule has 0 heteroatoms. The first-order chi connectivity index (χ1) is 8.80. The van der Waals surface area contributed by atoms with Crippen LogP contribution >= 0.6 is 0 Å². The molecule has 1 aliphatic carbocycles. The zero-order chi connectivity index (χ0) is 14.7. The van der Waals surface area contributed by atoms with Gasteiger partial charge in [0.15, 0.2) is 0 Å². The van der Waals surface area contributed by atoms with Gasteiger partial charge in [-0.2, -0.15) is 0 Å². The average Bonchev–Trinajstić information content (AvgIpc) is 2.36. The van der Waals surface area contributed by atoms with Crippen molar-refractivity contribution in [2.45, 2.75) is 66.7 Å². The standard InChI is InChI=1S/C19H30/c1-8-16-13-18(6,9-2)12-11-17(15(4)5)19(7,10-3)14-16/h2-3,15-17H,8,11-14H2,1,4-7H3. The maximum atomic E-state index is 5.91. The first-order valence-corrected chi connectivity index (χ1v) is 7.75. The third kappa shape index (κ3) is 3.57.